The molecule has 0 aliphatic rings. The van der Waals surface area contributed by atoms with Gasteiger partial charge in [-0.15, -0.1) is 0 Å². The van der Waals surface area contributed by atoms with Gasteiger partial charge in [-0.05, 0) is 50.1 Å². The first kappa shape index (κ1) is 16.3. The Bertz CT molecular complexity index is 434. The highest BCUT2D eigenvalue weighted by molar-refractivity contribution is 5.75. The molecule has 0 amide bonds. The minimum Gasteiger partial charge on any atom is -0.497 e. The summed E-state index contributed by atoms with van der Waals surface area (Å²) < 4.78 is 16.0. The van der Waals surface area contributed by atoms with E-state index in [0.717, 1.165) is 11.3 Å². The summed E-state index contributed by atoms with van der Waals surface area (Å²) in [7, 11) is 1.61. The van der Waals surface area contributed by atoms with E-state index in [1.54, 1.807) is 26.2 Å². The zero-order valence-corrected chi connectivity index (χ0v) is 12.3. The maximum Gasteiger partial charge on any atom is 0.347 e. The molecule has 5 heteroatoms. The molecule has 5 nitrogen and oxygen atoms in total. The number of carbonyl (C=O) groups excluding carboxylic acids is 1. The Morgan fingerprint density at radius 1 is 1.35 bits per heavy atom. The molecule has 0 spiro atoms. The fourth-order valence-electron chi connectivity index (χ4n) is 1.84. The van der Waals surface area contributed by atoms with E-state index < -0.39 is 6.10 Å². The third-order valence-corrected chi connectivity index (χ3v) is 2.87. The number of carbonyl (C=O) groups is 1. The van der Waals surface area contributed by atoms with Gasteiger partial charge < -0.3 is 19.9 Å². The summed E-state index contributed by atoms with van der Waals surface area (Å²) in [6, 6.07) is 5.47. The monoisotopic (exact) mass is 281 g/mol. The standard InChI is InChI=1S/C15H23NO4/c1-4-13(15(17)19-5-2)20-14-7-6-12(18-3)10-11(14)8-9-16/h6-7,10,13H,4-5,8-9,16H2,1-3H3. The first-order valence-electron chi connectivity index (χ1n) is 6.86. The van der Waals surface area contributed by atoms with E-state index in [2.05, 4.69) is 0 Å². The highest BCUT2D eigenvalue weighted by Gasteiger charge is 2.20. The molecular weight excluding hydrogens is 258 g/mol. The Hall–Kier alpha value is -1.75. The van der Waals surface area contributed by atoms with Gasteiger partial charge in [0.1, 0.15) is 11.5 Å². The maximum atomic E-state index is 11.8. The minimum atomic E-state index is -0.597. The molecule has 0 aliphatic heterocycles. The fraction of sp³-hybridized carbons (Fsp3) is 0.533. The number of hydrogen-bond donors (Lipinski definition) is 1. The zero-order valence-electron chi connectivity index (χ0n) is 12.3. The van der Waals surface area contributed by atoms with Crippen molar-refractivity contribution in [1.82, 2.24) is 0 Å². The second-order valence-corrected chi connectivity index (χ2v) is 4.28. The van der Waals surface area contributed by atoms with Gasteiger partial charge in [0.05, 0.1) is 13.7 Å². The Kier molecular flexibility index (Phi) is 6.87. The fourth-order valence-corrected chi connectivity index (χ4v) is 1.84. The van der Waals surface area contributed by atoms with Crippen molar-refractivity contribution >= 4 is 5.97 Å². The number of methoxy groups -OCH3 is 1. The molecule has 0 saturated carbocycles. The van der Waals surface area contributed by atoms with Crippen LogP contribution in [0.25, 0.3) is 0 Å². The van der Waals surface area contributed by atoms with Gasteiger partial charge in [0.15, 0.2) is 6.10 Å². The quantitative estimate of drug-likeness (QED) is 0.737. The molecule has 0 radical (unpaired) electrons. The lowest BCUT2D eigenvalue weighted by Gasteiger charge is -2.18. The summed E-state index contributed by atoms with van der Waals surface area (Å²) >= 11 is 0. The topological polar surface area (TPSA) is 70.8 Å². The summed E-state index contributed by atoms with van der Waals surface area (Å²) in [5.74, 6) is 1.05. The normalized spacial score (nSPS) is 11.8. The van der Waals surface area contributed by atoms with Gasteiger partial charge in [-0.25, -0.2) is 4.79 Å². The van der Waals surface area contributed by atoms with E-state index in [1.807, 2.05) is 13.0 Å². The molecule has 0 aromatic heterocycles. The summed E-state index contributed by atoms with van der Waals surface area (Å²) in [6.45, 7) is 4.50. The Balaban J connectivity index is 2.91. The molecule has 0 fully saturated rings. The first-order valence-corrected chi connectivity index (χ1v) is 6.86. The number of esters is 1. The van der Waals surface area contributed by atoms with Crippen LogP contribution in [-0.4, -0.2) is 32.3 Å². The molecule has 2 N–H and O–H groups in total. The highest BCUT2D eigenvalue weighted by Crippen LogP contribution is 2.26. The molecule has 1 aromatic carbocycles. The third-order valence-electron chi connectivity index (χ3n) is 2.87. The van der Waals surface area contributed by atoms with Gasteiger partial charge in [-0.3, -0.25) is 0 Å². The van der Waals surface area contributed by atoms with Crippen LogP contribution in [0.2, 0.25) is 0 Å². The van der Waals surface area contributed by atoms with Crippen LogP contribution in [0, 0.1) is 0 Å². The number of nitrogens with two attached hydrogens (primary N) is 1. The van der Waals surface area contributed by atoms with E-state index in [4.69, 9.17) is 19.9 Å². The summed E-state index contributed by atoms with van der Waals surface area (Å²) in [5.41, 5.74) is 6.53. The molecule has 0 aliphatic carbocycles. The van der Waals surface area contributed by atoms with Crippen molar-refractivity contribution in [3.63, 3.8) is 0 Å². The van der Waals surface area contributed by atoms with Crippen molar-refractivity contribution < 1.29 is 19.0 Å². The average molecular weight is 281 g/mol. The van der Waals surface area contributed by atoms with Crippen LogP contribution in [0.15, 0.2) is 18.2 Å². The lowest BCUT2D eigenvalue weighted by atomic mass is 10.1. The van der Waals surface area contributed by atoms with Crippen LogP contribution >= 0.6 is 0 Å². The third kappa shape index (κ3) is 4.42. The van der Waals surface area contributed by atoms with Crippen LogP contribution in [0.5, 0.6) is 11.5 Å². The SMILES string of the molecule is CCOC(=O)C(CC)Oc1ccc(OC)cc1CCN. The number of ether oxygens (including phenoxy) is 3. The predicted molar refractivity (Wildman–Crippen MR) is 77.1 cm³/mol. The first-order chi connectivity index (χ1) is 9.65. The van der Waals surface area contributed by atoms with Crippen molar-refractivity contribution in [2.24, 2.45) is 5.73 Å². The number of rotatable bonds is 8. The van der Waals surface area contributed by atoms with Crippen molar-refractivity contribution in [2.75, 3.05) is 20.3 Å². The molecule has 1 unspecified atom stereocenters. The maximum absolute atomic E-state index is 11.8. The Morgan fingerprint density at radius 2 is 2.10 bits per heavy atom. The molecule has 0 saturated heterocycles. The van der Waals surface area contributed by atoms with Crippen LogP contribution in [0.4, 0.5) is 0 Å². The highest BCUT2D eigenvalue weighted by atomic mass is 16.6. The van der Waals surface area contributed by atoms with Crippen LogP contribution in [-0.2, 0) is 16.0 Å². The van der Waals surface area contributed by atoms with Gasteiger partial charge >= 0.3 is 5.97 Å². The molecule has 0 bridgehead atoms. The largest absolute Gasteiger partial charge is 0.497 e. The van der Waals surface area contributed by atoms with Gasteiger partial charge in [0.25, 0.3) is 0 Å². The molecule has 1 rings (SSSR count). The van der Waals surface area contributed by atoms with Crippen LogP contribution < -0.4 is 15.2 Å². The summed E-state index contributed by atoms with van der Waals surface area (Å²) in [6.07, 6.45) is 0.610. The van der Waals surface area contributed by atoms with Crippen molar-refractivity contribution in [2.45, 2.75) is 32.8 Å². The smallest absolute Gasteiger partial charge is 0.347 e. The predicted octanol–water partition coefficient (Wildman–Crippen LogP) is 1.92. The number of benzene rings is 1. The molecular formula is C15H23NO4. The summed E-state index contributed by atoms with van der Waals surface area (Å²) in [5, 5.41) is 0. The van der Waals surface area contributed by atoms with Crippen LogP contribution in [0.1, 0.15) is 25.8 Å². The molecule has 0 heterocycles. The molecule has 112 valence electrons. The number of hydrogen-bond acceptors (Lipinski definition) is 5. The second-order valence-electron chi connectivity index (χ2n) is 4.28. The van der Waals surface area contributed by atoms with E-state index in [-0.39, 0.29) is 5.97 Å². The Morgan fingerprint density at radius 3 is 2.65 bits per heavy atom. The molecule has 20 heavy (non-hydrogen) atoms. The summed E-state index contributed by atoms with van der Waals surface area (Å²) in [4.78, 5) is 11.8. The van der Waals surface area contributed by atoms with E-state index in [0.29, 0.717) is 31.7 Å². The second kappa shape index (κ2) is 8.43. The molecule has 1 aromatic rings. The van der Waals surface area contributed by atoms with Gasteiger partial charge in [0, 0.05) is 0 Å². The van der Waals surface area contributed by atoms with E-state index in [9.17, 15) is 4.79 Å². The van der Waals surface area contributed by atoms with E-state index in [1.165, 1.54) is 0 Å². The lowest BCUT2D eigenvalue weighted by molar-refractivity contribution is -0.151. The van der Waals surface area contributed by atoms with Crippen molar-refractivity contribution in [3.8, 4) is 11.5 Å². The average Bonchev–Trinajstić information content (AvgIpc) is 2.46. The Labute approximate surface area is 120 Å². The van der Waals surface area contributed by atoms with Crippen molar-refractivity contribution in [3.05, 3.63) is 23.8 Å². The lowest BCUT2D eigenvalue weighted by Crippen LogP contribution is -2.29. The minimum absolute atomic E-state index is 0.343. The van der Waals surface area contributed by atoms with Gasteiger partial charge in [-0.1, -0.05) is 6.92 Å². The molecule has 1 atom stereocenters. The van der Waals surface area contributed by atoms with E-state index >= 15 is 0 Å². The van der Waals surface area contributed by atoms with Crippen LogP contribution in [0.3, 0.4) is 0 Å². The van der Waals surface area contributed by atoms with Crippen molar-refractivity contribution in [1.29, 1.82) is 0 Å². The van der Waals surface area contributed by atoms with Gasteiger partial charge in [0.2, 0.25) is 0 Å². The zero-order chi connectivity index (χ0) is 15.0. The van der Waals surface area contributed by atoms with Gasteiger partial charge in [-0.2, -0.15) is 0 Å².